The van der Waals surface area contributed by atoms with Crippen LogP contribution in [0.4, 0.5) is 0 Å². The van der Waals surface area contributed by atoms with E-state index in [0.29, 0.717) is 13.1 Å². The average molecular weight is 330 g/mol. The van der Waals surface area contributed by atoms with Gasteiger partial charge in [0.15, 0.2) is 0 Å². The van der Waals surface area contributed by atoms with Crippen LogP contribution in [-0.4, -0.2) is 39.3 Å². The number of likely N-dealkylation sites (tertiary alicyclic amines) is 1. The third-order valence-electron chi connectivity index (χ3n) is 5.07. The van der Waals surface area contributed by atoms with Gasteiger partial charge in [0.1, 0.15) is 6.04 Å². The second-order valence-corrected chi connectivity index (χ2v) is 6.89. The van der Waals surface area contributed by atoms with Gasteiger partial charge in [-0.05, 0) is 32.6 Å². The van der Waals surface area contributed by atoms with E-state index in [2.05, 4.69) is 15.3 Å². The fraction of sp³-hybridized carbons (Fsp3) is 0.667. The van der Waals surface area contributed by atoms with Crippen LogP contribution < -0.4 is 5.32 Å². The lowest BCUT2D eigenvalue weighted by molar-refractivity contribution is -0.142. The van der Waals surface area contributed by atoms with Crippen molar-refractivity contribution in [2.45, 2.75) is 64.5 Å². The molecule has 2 amide bonds. The number of aryl methyl sites for hydroxylation is 1. The lowest BCUT2D eigenvalue weighted by Gasteiger charge is -2.30. The molecule has 1 aliphatic carbocycles. The van der Waals surface area contributed by atoms with Gasteiger partial charge in [0, 0.05) is 18.7 Å². The molecule has 2 aliphatic rings. The Labute approximate surface area is 143 Å². The van der Waals surface area contributed by atoms with E-state index in [1.54, 1.807) is 12.4 Å². The second kappa shape index (κ2) is 7.73. The van der Waals surface area contributed by atoms with E-state index in [4.69, 9.17) is 0 Å². The number of rotatable bonds is 4. The summed E-state index contributed by atoms with van der Waals surface area (Å²) in [5.74, 6) is 0.233. The Morgan fingerprint density at radius 3 is 2.62 bits per heavy atom. The minimum absolute atomic E-state index is 0.0703. The van der Waals surface area contributed by atoms with Crippen molar-refractivity contribution in [3.8, 4) is 0 Å². The molecule has 1 aromatic heterocycles. The van der Waals surface area contributed by atoms with Crippen molar-refractivity contribution in [1.29, 1.82) is 0 Å². The molecule has 3 rings (SSSR count). The van der Waals surface area contributed by atoms with E-state index >= 15 is 0 Å². The summed E-state index contributed by atoms with van der Waals surface area (Å²) in [7, 11) is 0. The van der Waals surface area contributed by atoms with Crippen LogP contribution in [-0.2, 0) is 16.1 Å². The predicted octanol–water partition coefficient (Wildman–Crippen LogP) is 1.97. The van der Waals surface area contributed by atoms with Gasteiger partial charge in [-0.2, -0.15) is 0 Å². The maximum absolute atomic E-state index is 12.8. The predicted molar refractivity (Wildman–Crippen MR) is 89.9 cm³/mol. The Kier molecular flexibility index (Phi) is 5.43. The van der Waals surface area contributed by atoms with Gasteiger partial charge in [0.05, 0.1) is 24.1 Å². The first-order valence-corrected chi connectivity index (χ1v) is 9.01. The largest absolute Gasteiger partial charge is 0.349 e. The third kappa shape index (κ3) is 3.91. The van der Waals surface area contributed by atoms with E-state index in [9.17, 15) is 9.59 Å². The van der Waals surface area contributed by atoms with Gasteiger partial charge in [-0.15, -0.1) is 0 Å². The van der Waals surface area contributed by atoms with E-state index in [1.165, 1.54) is 6.42 Å². The number of carbonyl (C=O) groups excluding carboxylic acids is 2. The van der Waals surface area contributed by atoms with Crippen LogP contribution in [0.5, 0.6) is 0 Å². The first-order chi connectivity index (χ1) is 11.6. The zero-order chi connectivity index (χ0) is 16.9. The molecule has 0 aromatic carbocycles. The van der Waals surface area contributed by atoms with Crippen molar-refractivity contribution >= 4 is 11.8 Å². The third-order valence-corrected chi connectivity index (χ3v) is 5.07. The maximum Gasteiger partial charge on any atom is 0.243 e. The number of hydrogen-bond donors (Lipinski definition) is 1. The van der Waals surface area contributed by atoms with Crippen molar-refractivity contribution in [2.75, 3.05) is 6.54 Å². The quantitative estimate of drug-likeness (QED) is 0.916. The van der Waals surface area contributed by atoms with Crippen molar-refractivity contribution in [2.24, 2.45) is 5.92 Å². The zero-order valence-electron chi connectivity index (χ0n) is 14.3. The van der Waals surface area contributed by atoms with Gasteiger partial charge in [0.25, 0.3) is 0 Å². The summed E-state index contributed by atoms with van der Waals surface area (Å²) in [6, 6.07) is -0.321. The van der Waals surface area contributed by atoms with E-state index in [1.807, 2.05) is 11.8 Å². The van der Waals surface area contributed by atoms with Crippen LogP contribution >= 0.6 is 0 Å². The molecule has 1 aromatic rings. The molecule has 24 heavy (non-hydrogen) atoms. The summed E-state index contributed by atoms with van der Waals surface area (Å²) in [5, 5.41) is 2.91. The molecule has 1 saturated carbocycles. The molecule has 1 saturated heterocycles. The number of carbonyl (C=O) groups is 2. The SMILES string of the molecule is Cc1cnc(CNC(=O)[C@@H]2CCCN2C(=O)C2CCCCC2)cn1. The van der Waals surface area contributed by atoms with Gasteiger partial charge in [-0.3, -0.25) is 19.6 Å². The second-order valence-electron chi connectivity index (χ2n) is 6.89. The van der Waals surface area contributed by atoms with Crippen LogP contribution in [0.25, 0.3) is 0 Å². The van der Waals surface area contributed by atoms with Gasteiger partial charge in [-0.25, -0.2) is 0 Å². The fourth-order valence-electron chi connectivity index (χ4n) is 3.69. The maximum atomic E-state index is 12.8. The highest BCUT2D eigenvalue weighted by atomic mass is 16.2. The van der Waals surface area contributed by atoms with Gasteiger partial charge < -0.3 is 10.2 Å². The average Bonchev–Trinajstić information content (AvgIpc) is 3.11. The number of hydrogen-bond acceptors (Lipinski definition) is 4. The van der Waals surface area contributed by atoms with Crippen LogP contribution in [0, 0.1) is 12.8 Å². The minimum atomic E-state index is -0.321. The van der Waals surface area contributed by atoms with Crippen molar-refractivity contribution in [3.63, 3.8) is 0 Å². The zero-order valence-corrected chi connectivity index (χ0v) is 14.3. The standard InChI is InChI=1S/C18H26N4O2/c1-13-10-20-15(11-19-13)12-21-17(23)16-8-5-9-22(16)18(24)14-6-3-2-4-7-14/h10-11,14,16H,2-9,12H2,1H3,(H,21,23)/t16-/m0/s1. The summed E-state index contributed by atoms with van der Waals surface area (Å²) in [6.07, 6.45) is 10.5. The summed E-state index contributed by atoms with van der Waals surface area (Å²) < 4.78 is 0. The molecule has 1 aliphatic heterocycles. The van der Waals surface area contributed by atoms with Gasteiger partial charge in [-0.1, -0.05) is 19.3 Å². The van der Waals surface area contributed by atoms with E-state index < -0.39 is 0 Å². The molecule has 2 heterocycles. The highest BCUT2D eigenvalue weighted by Gasteiger charge is 2.37. The molecule has 130 valence electrons. The number of aromatic nitrogens is 2. The van der Waals surface area contributed by atoms with Gasteiger partial charge >= 0.3 is 0 Å². The Bertz CT molecular complexity index is 581. The molecule has 0 bridgehead atoms. The highest BCUT2D eigenvalue weighted by Crippen LogP contribution is 2.28. The first-order valence-electron chi connectivity index (χ1n) is 9.01. The molecule has 0 radical (unpaired) electrons. The Morgan fingerprint density at radius 2 is 1.92 bits per heavy atom. The van der Waals surface area contributed by atoms with Crippen LogP contribution in [0.2, 0.25) is 0 Å². The minimum Gasteiger partial charge on any atom is -0.349 e. The van der Waals surface area contributed by atoms with E-state index in [-0.39, 0.29) is 23.8 Å². The van der Waals surface area contributed by atoms with E-state index in [0.717, 1.165) is 49.9 Å². The molecule has 0 spiro atoms. The fourth-order valence-corrected chi connectivity index (χ4v) is 3.69. The summed E-state index contributed by atoms with van der Waals surface area (Å²) in [5.41, 5.74) is 1.59. The monoisotopic (exact) mass is 330 g/mol. The topological polar surface area (TPSA) is 75.2 Å². The van der Waals surface area contributed by atoms with Crippen LogP contribution in [0.1, 0.15) is 56.3 Å². The molecule has 1 atom stereocenters. The number of nitrogens with one attached hydrogen (secondary N) is 1. The molecule has 0 unspecified atom stereocenters. The molecule has 6 nitrogen and oxygen atoms in total. The Morgan fingerprint density at radius 1 is 1.12 bits per heavy atom. The highest BCUT2D eigenvalue weighted by molar-refractivity contribution is 5.89. The molecule has 1 N–H and O–H groups in total. The smallest absolute Gasteiger partial charge is 0.243 e. The Balaban J connectivity index is 1.56. The normalized spacial score (nSPS) is 21.7. The lowest BCUT2D eigenvalue weighted by atomic mass is 9.88. The molecule has 2 fully saturated rings. The summed E-state index contributed by atoms with van der Waals surface area (Å²) >= 11 is 0. The number of nitrogens with zero attached hydrogens (tertiary/aromatic N) is 3. The lowest BCUT2D eigenvalue weighted by Crippen LogP contribution is -2.48. The molecule has 6 heteroatoms. The van der Waals surface area contributed by atoms with Gasteiger partial charge in [0.2, 0.25) is 11.8 Å². The Hall–Kier alpha value is -1.98. The summed E-state index contributed by atoms with van der Waals surface area (Å²) in [4.78, 5) is 35.5. The molecular formula is C18H26N4O2. The van der Waals surface area contributed by atoms with Crippen LogP contribution in [0.3, 0.4) is 0 Å². The molecular weight excluding hydrogens is 304 g/mol. The van der Waals surface area contributed by atoms with Crippen molar-refractivity contribution in [1.82, 2.24) is 20.2 Å². The van der Waals surface area contributed by atoms with Crippen LogP contribution in [0.15, 0.2) is 12.4 Å². The van der Waals surface area contributed by atoms with Crippen molar-refractivity contribution < 1.29 is 9.59 Å². The number of amides is 2. The summed E-state index contributed by atoms with van der Waals surface area (Å²) in [6.45, 7) is 2.94. The van der Waals surface area contributed by atoms with Crippen molar-refractivity contribution in [3.05, 3.63) is 23.8 Å². The first kappa shape index (κ1) is 16.9.